The number of piperazine rings is 1. The molecule has 0 N–H and O–H groups in total. The maximum absolute atomic E-state index is 12.0. The third-order valence-electron chi connectivity index (χ3n) is 2.97. The fourth-order valence-electron chi connectivity index (χ4n) is 1.92. The molecule has 0 aromatic rings. The lowest BCUT2D eigenvalue weighted by Gasteiger charge is -2.39. The van der Waals surface area contributed by atoms with Gasteiger partial charge in [0.25, 0.3) is 0 Å². The van der Waals surface area contributed by atoms with E-state index in [0.29, 0.717) is 6.04 Å². The first-order valence-electron chi connectivity index (χ1n) is 5.86. The van der Waals surface area contributed by atoms with Gasteiger partial charge in [0.2, 0.25) is 5.91 Å². The second-order valence-electron chi connectivity index (χ2n) is 5.67. The van der Waals surface area contributed by atoms with Gasteiger partial charge in [0.15, 0.2) is 0 Å². The minimum Gasteiger partial charge on any atom is -0.340 e. The van der Waals surface area contributed by atoms with Crippen LogP contribution in [0.15, 0.2) is 0 Å². The van der Waals surface area contributed by atoms with Gasteiger partial charge in [-0.15, -0.1) is 0 Å². The van der Waals surface area contributed by atoms with Crippen molar-refractivity contribution in [1.29, 1.82) is 0 Å². The third-order valence-corrected chi connectivity index (χ3v) is 2.97. The number of carbonyl (C=O) groups is 1. The first kappa shape index (κ1) is 12.5. The summed E-state index contributed by atoms with van der Waals surface area (Å²) in [6.45, 7) is 14.2. The molecule has 0 radical (unpaired) electrons. The van der Waals surface area contributed by atoms with Crippen molar-refractivity contribution in [2.75, 3.05) is 26.2 Å². The Morgan fingerprint density at radius 3 is 1.87 bits per heavy atom. The molecule has 0 saturated carbocycles. The minimum absolute atomic E-state index is 0.236. The van der Waals surface area contributed by atoms with Crippen molar-refractivity contribution in [2.45, 2.75) is 40.7 Å². The fraction of sp³-hybridized carbons (Fsp3) is 0.917. The molecular formula is C12H24N2O. The van der Waals surface area contributed by atoms with Gasteiger partial charge >= 0.3 is 0 Å². The summed E-state index contributed by atoms with van der Waals surface area (Å²) in [5.41, 5.74) is -0.236. The van der Waals surface area contributed by atoms with Crippen molar-refractivity contribution in [3.05, 3.63) is 0 Å². The van der Waals surface area contributed by atoms with Crippen LogP contribution in [0, 0.1) is 5.41 Å². The van der Waals surface area contributed by atoms with E-state index in [4.69, 9.17) is 0 Å². The molecule has 1 amide bonds. The summed E-state index contributed by atoms with van der Waals surface area (Å²) in [7, 11) is 0. The average molecular weight is 212 g/mol. The summed E-state index contributed by atoms with van der Waals surface area (Å²) in [5, 5.41) is 0. The molecule has 0 atom stereocenters. The van der Waals surface area contributed by atoms with Crippen LogP contribution in [-0.2, 0) is 4.79 Å². The summed E-state index contributed by atoms with van der Waals surface area (Å²) < 4.78 is 0. The van der Waals surface area contributed by atoms with E-state index in [9.17, 15) is 4.79 Å². The second kappa shape index (κ2) is 4.52. The number of carbonyl (C=O) groups excluding carboxylic acids is 1. The second-order valence-corrected chi connectivity index (χ2v) is 5.67. The van der Waals surface area contributed by atoms with Crippen LogP contribution in [-0.4, -0.2) is 47.9 Å². The lowest BCUT2D eigenvalue weighted by molar-refractivity contribution is -0.141. The van der Waals surface area contributed by atoms with Gasteiger partial charge in [-0.1, -0.05) is 20.8 Å². The lowest BCUT2D eigenvalue weighted by atomic mass is 9.94. The van der Waals surface area contributed by atoms with Gasteiger partial charge in [-0.3, -0.25) is 9.69 Å². The topological polar surface area (TPSA) is 23.6 Å². The molecule has 15 heavy (non-hydrogen) atoms. The summed E-state index contributed by atoms with van der Waals surface area (Å²) in [6.07, 6.45) is 0. The predicted octanol–water partition coefficient (Wildman–Crippen LogP) is 1.59. The molecular weight excluding hydrogens is 188 g/mol. The molecule has 1 fully saturated rings. The summed E-state index contributed by atoms with van der Waals surface area (Å²) >= 11 is 0. The van der Waals surface area contributed by atoms with Crippen LogP contribution >= 0.6 is 0 Å². The van der Waals surface area contributed by atoms with E-state index in [-0.39, 0.29) is 11.3 Å². The molecule has 3 heteroatoms. The van der Waals surface area contributed by atoms with Gasteiger partial charge in [0.05, 0.1) is 0 Å². The van der Waals surface area contributed by atoms with Gasteiger partial charge in [-0.2, -0.15) is 0 Å². The fourth-order valence-corrected chi connectivity index (χ4v) is 1.92. The van der Waals surface area contributed by atoms with E-state index in [2.05, 4.69) is 18.7 Å². The van der Waals surface area contributed by atoms with E-state index in [1.165, 1.54) is 0 Å². The predicted molar refractivity (Wildman–Crippen MR) is 62.7 cm³/mol. The molecule has 1 aliphatic heterocycles. The minimum atomic E-state index is -0.236. The normalized spacial score (nSPS) is 19.7. The van der Waals surface area contributed by atoms with Gasteiger partial charge in [-0.25, -0.2) is 0 Å². The summed E-state index contributed by atoms with van der Waals surface area (Å²) in [4.78, 5) is 16.4. The number of amides is 1. The smallest absolute Gasteiger partial charge is 0.228 e. The number of nitrogens with zero attached hydrogens (tertiary/aromatic N) is 2. The highest BCUT2D eigenvalue weighted by molar-refractivity contribution is 5.81. The third kappa shape index (κ3) is 3.20. The largest absolute Gasteiger partial charge is 0.340 e. The molecule has 0 aromatic heterocycles. The van der Waals surface area contributed by atoms with Crippen LogP contribution in [0.25, 0.3) is 0 Å². The monoisotopic (exact) mass is 212 g/mol. The molecule has 0 bridgehead atoms. The van der Waals surface area contributed by atoms with Gasteiger partial charge in [0.1, 0.15) is 0 Å². The molecule has 0 aromatic carbocycles. The average Bonchev–Trinajstić information content (AvgIpc) is 2.15. The number of hydrogen-bond acceptors (Lipinski definition) is 2. The van der Waals surface area contributed by atoms with E-state index in [0.717, 1.165) is 26.2 Å². The molecule has 0 unspecified atom stereocenters. The lowest BCUT2D eigenvalue weighted by Crippen LogP contribution is -2.53. The van der Waals surface area contributed by atoms with Crippen LogP contribution in [0.2, 0.25) is 0 Å². The Hall–Kier alpha value is -0.570. The van der Waals surface area contributed by atoms with E-state index < -0.39 is 0 Å². The molecule has 3 nitrogen and oxygen atoms in total. The molecule has 1 saturated heterocycles. The molecule has 1 heterocycles. The van der Waals surface area contributed by atoms with Gasteiger partial charge in [0, 0.05) is 37.6 Å². The van der Waals surface area contributed by atoms with Crippen molar-refractivity contribution in [3.63, 3.8) is 0 Å². The standard InChI is InChI=1S/C12H24N2O/c1-10(2)13-6-8-14(9-7-13)11(15)12(3,4)5/h10H,6-9H2,1-5H3. The van der Waals surface area contributed by atoms with Crippen molar-refractivity contribution in [3.8, 4) is 0 Å². The Bertz CT molecular complexity index is 222. The summed E-state index contributed by atoms with van der Waals surface area (Å²) in [5.74, 6) is 0.283. The van der Waals surface area contributed by atoms with Crippen LogP contribution in [0.1, 0.15) is 34.6 Å². The molecule has 1 rings (SSSR count). The first-order chi connectivity index (χ1) is 6.82. The first-order valence-corrected chi connectivity index (χ1v) is 5.86. The molecule has 0 spiro atoms. The van der Waals surface area contributed by atoms with Crippen LogP contribution in [0.5, 0.6) is 0 Å². The SMILES string of the molecule is CC(C)N1CCN(C(=O)C(C)(C)C)CC1. The highest BCUT2D eigenvalue weighted by atomic mass is 16.2. The van der Waals surface area contributed by atoms with Crippen molar-refractivity contribution in [2.24, 2.45) is 5.41 Å². The molecule has 88 valence electrons. The Kier molecular flexibility index (Phi) is 3.77. The Morgan fingerprint density at radius 2 is 1.53 bits per heavy atom. The highest BCUT2D eigenvalue weighted by Gasteiger charge is 2.29. The Labute approximate surface area is 93.4 Å². The van der Waals surface area contributed by atoms with Crippen LogP contribution in [0.4, 0.5) is 0 Å². The molecule has 0 aliphatic carbocycles. The summed E-state index contributed by atoms with van der Waals surface area (Å²) in [6, 6.07) is 0.594. The van der Waals surface area contributed by atoms with E-state index >= 15 is 0 Å². The zero-order chi connectivity index (χ0) is 11.6. The van der Waals surface area contributed by atoms with E-state index in [1.807, 2.05) is 25.7 Å². The maximum Gasteiger partial charge on any atom is 0.228 e. The van der Waals surface area contributed by atoms with Crippen molar-refractivity contribution >= 4 is 5.91 Å². The van der Waals surface area contributed by atoms with Gasteiger partial charge < -0.3 is 4.90 Å². The number of hydrogen-bond donors (Lipinski definition) is 0. The zero-order valence-electron chi connectivity index (χ0n) is 10.7. The van der Waals surface area contributed by atoms with E-state index in [1.54, 1.807) is 0 Å². The van der Waals surface area contributed by atoms with Crippen LogP contribution in [0.3, 0.4) is 0 Å². The quantitative estimate of drug-likeness (QED) is 0.659. The number of rotatable bonds is 1. The highest BCUT2D eigenvalue weighted by Crippen LogP contribution is 2.18. The Balaban J connectivity index is 2.48. The maximum atomic E-state index is 12.0. The van der Waals surface area contributed by atoms with Crippen molar-refractivity contribution in [1.82, 2.24) is 9.80 Å². The van der Waals surface area contributed by atoms with Crippen LogP contribution < -0.4 is 0 Å². The Morgan fingerprint density at radius 1 is 1.07 bits per heavy atom. The van der Waals surface area contributed by atoms with Gasteiger partial charge in [-0.05, 0) is 13.8 Å². The van der Waals surface area contributed by atoms with Crippen molar-refractivity contribution < 1.29 is 4.79 Å². The molecule has 1 aliphatic rings. The zero-order valence-corrected chi connectivity index (χ0v) is 10.7.